The van der Waals surface area contributed by atoms with E-state index in [2.05, 4.69) is 4.72 Å². The van der Waals surface area contributed by atoms with Crippen molar-refractivity contribution >= 4 is 15.7 Å². The summed E-state index contributed by atoms with van der Waals surface area (Å²) in [7, 11) is -2.39. The van der Waals surface area contributed by atoms with E-state index < -0.39 is 16.1 Å². The monoisotopic (exact) mass is 316 g/mol. The van der Waals surface area contributed by atoms with Gasteiger partial charge in [0.15, 0.2) is 0 Å². The van der Waals surface area contributed by atoms with Crippen LogP contribution in [-0.4, -0.2) is 33.3 Å². The number of rotatable bonds is 6. The smallest absolute Gasteiger partial charge is 0.244 e. The van der Waals surface area contributed by atoms with Crippen LogP contribution in [0.1, 0.15) is 27.2 Å². The zero-order valence-corrected chi connectivity index (χ0v) is 13.7. The van der Waals surface area contributed by atoms with Gasteiger partial charge in [0.05, 0.1) is 7.11 Å². The number of aliphatic hydroxyl groups is 1. The van der Waals surface area contributed by atoms with Crippen LogP contribution in [0.2, 0.25) is 0 Å². The Hall–Kier alpha value is -1.31. The fourth-order valence-corrected chi connectivity index (χ4v) is 3.63. The fourth-order valence-electron chi connectivity index (χ4n) is 1.95. The third-order valence-electron chi connectivity index (χ3n) is 3.24. The number of anilines is 1. The van der Waals surface area contributed by atoms with Crippen LogP contribution in [0.3, 0.4) is 0 Å². The Morgan fingerprint density at radius 2 is 2.00 bits per heavy atom. The van der Waals surface area contributed by atoms with E-state index in [1.54, 1.807) is 6.07 Å². The Kier molecular flexibility index (Phi) is 5.61. The Labute approximate surface area is 126 Å². The number of benzene rings is 1. The van der Waals surface area contributed by atoms with Crippen LogP contribution in [-0.2, 0) is 10.0 Å². The van der Waals surface area contributed by atoms with Gasteiger partial charge < -0.3 is 15.6 Å². The molecule has 0 radical (unpaired) electrons. The van der Waals surface area contributed by atoms with Gasteiger partial charge in [-0.05, 0) is 30.0 Å². The zero-order chi connectivity index (χ0) is 16.3. The topological polar surface area (TPSA) is 102 Å². The first-order chi connectivity index (χ1) is 9.61. The highest BCUT2D eigenvalue weighted by Crippen LogP contribution is 2.28. The summed E-state index contributed by atoms with van der Waals surface area (Å²) >= 11 is 0. The first-order valence-corrected chi connectivity index (χ1v) is 8.17. The van der Waals surface area contributed by atoms with Crippen molar-refractivity contribution in [2.45, 2.75) is 38.1 Å². The lowest BCUT2D eigenvalue weighted by molar-refractivity contribution is 0.214. The third kappa shape index (κ3) is 4.59. The molecule has 1 rings (SSSR count). The van der Waals surface area contributed by atoms with Gasteiger partial charge in [0.25, 0.3) is 0 Å². The second kappa shape index (κ2) is 6.64. The molecule has 4 N–H and O–H groups in total. The lowest BCUT2D eigenvalue weighted by atomic mass is 9.86. The SMILES string of the molecule is COc1ccc(N)cc1S(=O)(=O)NC(CCO)C(C)(C)C. The van der Waals surface area contributed by atoms with Gasteiger partial charge >= 0.3 is 0 Å². The largest absolute Gasteiger partial charge is 0.495 e. The molecule has 0 aliphatic carbocycles. The number of ether oxygens (including phenoxy) is 1. The van der Waals surface area contributed by atoms with E-state index in [4.69, 9.17) is 15.6 Å². The summed E-state index contributed by atoms with van der Waals surface area (Å²) in [4.78, 5) is -0.00260. The number of hydrogen-bond acceptors (Lipinski definition) is 5. The van der Waals surface area contributed by atoms with E-state index in [-0.39, 0.29) is 22.7 Å². The number of sulfonamides is 1. The molecule has 1 aromatic carbocycles. The van der Waals surface area contributed by atoms with Crippen molar-refractivity contribution in [3.05, 3.63) is 18.2 Å². The molecular formula is C14H24N2O4S. The number of methoxy groups -OCH3 is 1. The van der Waals surface area contributed by atoms with Gasteiger partial charge in [-0.25, -0.2) is 13.1 Å². The molecule has 0 heterocycles. The molecule has 1 unspecified atom stereocenters. The van der Waals surface area contributed by atoms with Gasteiger partial charge in [-0.3, -0.25) is 0 Å². The molecule has 0 fully saturated rings. The maximum Gasteiger partial charge on any atom is 0.244 e. The lowest BCUT2D eigenvalue weighted by Crippen LogP contribution is -2.44. The van der Waals surface area contributed by atoms with Crippen LogP contribution >= 0.6 is 0 Å². The van der Waals surface area contributed by atoms with E-state index in [1.807, 2.05) is 20.8 Å². The maximum absolute atomic E-state index is 12.6. The average Bonchev–Trinajstić information content (AvgIpc) is 2.37. The van der Waals surface area contributed by atoms with Crippen LogP contribution in [0.4, 0.5) is 5.69 Å². The number of nitrogen functional groups attached to an aromatic ring is 1. The summed E-state index contributed by atoms with van der Waals surface area (Å²) in [6.07, 6.45) is 0.327. The minimum absolute atomic E-state index is 0.00260. The summed E-state index contributed by atoms with van der Waals surface area (Å²) < 4.78 is 32.9. The molecule has 0 saturated heterocycles. The average molecular weight is 316 g/mol. The van der Waals surface area contributed by atoms with Crippen molar-refractivity contribution in [2.24, 2.45) is 5.41 Å². The van der Waals surface area contributed by atoms with Gasteiger partial charge in [0.1, 0.15) is 10.6 Å². The number of aliphatic hydroxyl groups excluding tert-OH is 1. The van der Waals surface area contributed by atoms with E-state index in [1.165, 1.54) is 19.2 Å². The molecule has 1 aromatic rings. The fraction of sp³-hybridized carbons (Fsp3) is 0.571. The first kappa shape index (κ1) is 17.7. The second-order valence-electron chi connectivity index (χ2n) is 5.96. The normalized spacial score (nSPS) is 14.0. The van der Waals surface area contributed by atoms with Crippen LogP contribution in [0.25, 0.3) is 0 Å². The Balaban J connectivity index is 3.19. The maximum atomic E-state index is 12.6. The minimum atomic E-state index is -3.80. The Morgan fingerprint density at radius 3 is 2.48 bits per heavy atom. The predicted octanol–water partition coefficient (Wildman–Crippen LogP) is 1.35. The molecule has 0 bridgehead atoms. The molecule has 0 aliphatic heterocycles. The molecule has 0 spiro atoms. The third-order valence-corrected chi connectivity index (χ3v) is 4.73. The van der Waals surface area contributed by atoms with Gasteiger partial charge in [-0.15, -0.1) is 0 Å². The summed E-state index contributed by atoms with van der Waals surface area (Å²) in [5.41, 5.74) is 5.67. The van der Waals surface area contributed by atoms with Crippen LogP contribution in [0, 0.1) is 5.41 Å². The van der Waals surface area contributed by atoms with E-state index in [0.29, 0.717) is 12.1 Å². The lowest BCUT2D eigenvalue weighted by Gasteiger charge is -2.31. The minimum Gasteiger partial charge on any atom is -0.495 e. The molecular weight excluding hydrogens is 292 g/mol. The molecule has 1 atom stereocenters. The molecule has 0 aromatic heterocycles. The Morgan fingerprint density at radius 1 is 1.38 bits per heavy atom. The predicted molar refractivity (Wildman–Crippen MR) is 82.7 cm³/mol. The van der Waals surface area contributed by atoms with E-state index in [9.17, 15) is 8.42 Å². The molecule has 120 valence electrons. The van der Waals surface area contributed by atoms with Crippen molar-refractivity contribution in [1.29, 1.82) is 0 Å². The zero-order valence-electron chi connectivity index (χ0n) is 12.9. The second-order valence-corrected chi connectivity index (χ2v) is 7.64. The van der Waals surface area contributed by atoms with Crippen molar-refractivity contribution < 1.29 is 18.3 Å². The van der Waals surface area contributed by atoms with Crippen LogP contribution in [0.5, 0.6) is 5.75 Å². The van der Waals surface area contributed by atoms with E-state index in [0.717, 1.165) is 0 Å². The highest BCUT2D eigenvalue weighted by Gasteiger charge is 2.30. The van der Waals surface area contributed by atoms with Gasteiger partial charge in [-0.2, -0.15) is 0 Å². The van der Waals surface area contributed by atoms with Gasteiger partial charge in [0.2, 0.25) is 10.0 Å². The molecule has 0 aliphatic rings. The molecule has 21 heavy (non-hydrogen) atoms. The van der Waals surface area contributed by atoms with Crippen molar-refractivity contribution in [3.63, 3.8) is 0 Å². The summed E-state index contributed by atoms with van der Waals surface area (Å²) in [6.45, 7) is 5.63. The molecule has 0 amide bonds. The van der Waals surface area contributed by atoms with E-state index >= 15 is 0 Å². The quantitative estimate of drug-likeness (QED) is 0.688. The van der Waals surface area contributed by atoms with Crippen molar-refractivity contribution in [1.82, 2.24) is 4.72 Å². The number of nitrogens with one attached hydrogen (secondary N) is 1. The van der Waals surface area contributed by atoms with Crippen LogP contribution < -0.4 is 15.2 Å². The van der Waals surface area contributed by atoms with Gasteiger partial charge in [0, 0.05) is 18.3 Å². The van der Waals surface area contributed by atoms with Crippen molar-refractivity contribution in [3.8, 4) is 5.75 Å². The number of hydrogen-bond donors (Lipinski definition) is 3. The van der Waals surface area contributed by atoms with Gasteiger partial charge in [-0.1, -0.05) is 20.8 Å². The highest BCUT2D eigenvalue weighted by molar-refractivity contribution is 7.89. The highest BCUT2D eigenvalue weighted by atomic mass is 32.2. The van der Waals surface area contributed by atoms with Crippen LogP contribution in [0.15, 0.2) is 23.1 Å². The molecule has 0 saturated carbocycles. The first-order valence-electron chi connectivity index (χ1n) is 6.68. The molecule has 7 heteroatoms. The standard InChI is InChI=1S/C14H24N2O4S/c1-14(2,3)13(7-8-17)16-21(18,19)12-9-10(15)5-6-11(12)20-4/h5-6,9,13,16-17H,7-8,15H2,1-4H3. The molecule has 6 nitrogen and oxygen atoms in total. The van der Waals surface area contributed by atoms with Crippen molar-refractivity contribution in [2.75, 3.05) is 19.5 Å². The Bertz CT molecular complexity index is 579. The summed E-state index contributed by atoms with van der Waals surface area (Å²) in [6, 6.07) is 4.05. The number of nitrogens with two attached hydrogens (primary N) is 1. The summed E-state index contributed by atoms with van der Waals surface area (Å²) in [5, 5.41) is 9.13. The summed E-state index contributed by atoms with van der Waals surface area (Å²) in [5.74, 6) is 0.230.